The maximum Gasteiger partial charge on any atom is 0.316 e. The summed E-state index contributed by atoms with van der Waals surface area (Å²) in [6.45, 7) is 1.60. The maximum atomic E-state index is 12.8. The number of hydrogen-bond donors (Lipinski definition) is 3. The van der Waals surface area contributed by atoms with E-state index in [4.69, 9.17) is 5.73 Å². The summed E-state index contributed by atoms with van der Waals surface area (Å²) in [5.74, 6) is -0.461. The lowest BCUT2D eigenvalue weighted by atomic mass is 10.1. The van der Waals surface area contributed by atoms with E-state index in [1.807, 2.05) is 4.90 Å². The van der Waals surface area contributed by atoms with Gasteiger partial charge >= 0.3 is 6.03 Å². The highest BCUT2D eigenvalue weighted by atomic mass is 16.6. The Hall–Kier alpha value is -3.62. The number of hydrogen-bond acceptors (Lipinski definition) is 5. The molecule has 1 aliphatic rings. The van der Waals surface area contributed by atoms with E-state index < -0.39 is 16.9 Å². The number of nitrogens with one attached hydrogen (secondary N) is 2. The van der Waals surface area contributed by atoms with Crippen LogP contribution in [0.2, 0.25) is 0 Å². The van der Waals surface area contributed by atoms with Crippen LogP contribution in [0.3, 0.4) is 0 Å². The van der Waals surface area contributed by atoms with E-state index in [-0.39, 0.29) is 11.3 Å². The van der Waals surface area contributed by atoms with Crippen LogP contribution in [0.1, 0.15) is 23.2 Å². The topological polar surface area (TPSA) is 131 Å². The number of anilines is 3. The zero-order valence-electron chi connectivity index (χ0n) is 14.5. The fourth-order valence-corrected chi connectivity index (χ4v) is 3.07. The van der Waals surface area contributed by atoms with Gasteiger partial charge in [0.15, 0.2) is 0 Å². The Bertz CT molecular complexity index is 893. The largest absolute Gasteiger partial charge is 0.371 e. The van der Waals surface area contributed by atoms with Gasteiger partial charge in [-0.1, -0.05) is 6.07 Å². The Morgan fingerprint density at radius 1 is 1.04 bits per heavy atom. The fourth-order valence-electron chi connectivity index (χ4n) is 3.07. The van der Waals surface area contributed by atoms with Gasteiger partial charge in [-0.3, -0.25) is 14.9 Å². The summed E-state index contributed by atoms with van der Waals surface area (Å²) in [5, 5.41) is 16.3. The SMILES string of the molecule is NC(=O)Nc1cccc(NC(=O)c2cc([N+](=O)[O-])ccc2N2CCCC2)c1. The first-order valence-electron chi connectivity index (χ1n) is 8.45. The molecule has 140 valence electrons. The van der Waals surface area contributed by atoms with Crippen molar-refractivity contribution in [3.8, 4) is 0 Å². The second-order valence-corrected chi connectivity index (χ2v) is 6.18. The van der Waals surface area contributed by atoms with E-state index in [9.17, 15) is 19.7 Å². The molecule has 1 fully saturated rings. The molecule has 0 unspecified atom stereocenters. The van der Waals surface area contributed by atoms with Gasteiger partial charge in [-0.15, -0.1) is 0 Å². The maximum absolute atomic E-state index is 12.8. The van der Waals surface area contributed by atoms with Crippen molar-refractivity contribution in [1.82, 2.24) is 0 Å². The summed E-state index contributed by atoms with van der Waals surface area (Å²) in [6, 6.07) is 10.1. The summed E-state index contributed by atoms with van der Waals surface area (Å²) >= 11 is 0. The molecular formula is C18H19N5O4. The number of amides is 3. The van der Waals surface area contributed by atoms with Gasteiger partial charge in [0, 0.05) is 36.6 Å². The van der Waals surface area contributed by atoms with E-state index in [0.717, 1.165) is 25.9 Å². The number of urea groups is 1. The predicted molar refractivity (Wildman–Crippen MR) is 102 cm³/mol. The Kier molecular flexibility index (Phi) is 5.20. The number of primary amides is 1. The number of nitrogens with two attached hydrogens (primary N) is 1. The molecule has 1 heterocycles. The second-order valence-electron chi connectivity index (χ2n) is 6.18. The van der Waals surface area contributed by atoms with E-state index in [1.54, 1.807) is 30.3 Å². The van der Waals surface area contributed by atoms with Gasteiger partial charge in [0.1, 0.15) is 0 Å². The molecule has 0 spiro atoms. The molecule has 0 bridgehead atoms. The minimum Gasteiger partial charge on any atom is -0.371 e. The highest BCUT2D eigenvalue weighted by Gasteiger charge is 2.22. The highest BCUT2D eigenvalue weighted by Crippen LogP contribution is 2.29. The van der Waals surface area contributed by atoms with Crippen molar-refractivity contribution in [2.75, 3.05) is 28.6 Å². The average Bonchev–Trinajstić information content (AvgIpc) is 3.15. The summed E-state index contributed by atoms with van der Waals surface area (Å²) in [6.07, 6.45) is 2.03. The highest BCUT2D eigenvalue weighted by molar-refractivity contribution is 6.09. The third kappa shape index (κ3) is 4.32. The molecule has 2 aromatic carbocycles. The minimum absolute atomic E-state index is 0.146. The quantitative estimate of drug-likeness (QED) is 0.551. The number of nitro groups is 1. The Labute approximate surface area is 155 Å². The molecule has 3 amide bonds. The first-order chi connectivity index (χ1) is 12.9. The van der Waals surface area contributed by atoms with Gasteiger partial charge in [-0.2, -0.15) is 0 Å². The number of nitro benzene ring substituents is 1. The molecule has 0 aromatic heterocycles. The van der Waals surface area contributed by atoms with E-state index in [2.05, 4.69) is 10.6 Å². The van der Waals surface area contributed by atoms with E-state index >= 15 is 0 Å². The fraction of sp³-hybridized carbons (Fsp3) is 0.222. The molecule has 2 aromatic rings. The van der Waals surface area contributed by atoms with Crippen LogP contribution in [0.15, 0.2) is 42.5 Å². The van der Waals surface area contributed by atoms with Crippen molar-refractivity contribution < 1.29 is 14.5 Å². The lowest BCUT2D eigenvalue weighted by Crippen LogP contribution is -2.23. The molecule has 0 saturated carbocycles. The second kappa shape index (κ2) is 7.73. The number of carbonyl (C=O) groups is 2. The Morgan fingerprint density at radius 2 is 1.70 bits per heavy atom. The van der Waals surface area contributed by atoms with Crippen LogP contribution in [0, 0.1) is 10.1 Å². The van der Waals surface area contributed by atoms with Crippen LogP contribution in [0.25, 0.3) is 0 Å². The van der Waals surface area contributed by atoms with Crippen LogP contribution in [0.5, 0.6) is 0 Å². The predicted octanol–water partition coefficient (Wildman–Crippen LogP) is 2.94. The third-order valence-electron chi connectivity index (χ3n) is 4.27. The summed E-state index contributed by atoms with van der Waals surface area (Å²) in [7, 11) is 0. The number of carbonyl (C=O) groups excluding carboxylic acids is 2. The van der Waals surface area contributed by atoms with Crippen LogP contribution in [0.4, 0.5) is 27.5 Å². The number of non-ortho nitro benzene ring substituents is 1. The Morgan fingerprint density at radius 3 is 2.33 bits per heavy atom. The molecule has 0 atom stereocenters. The zero-order valence-corrected chi connectivity index (χ0v) is 14.5. The molecule has 9 nitrogen and oxygen atoms in total. The van der Waals surface area contributed by atoms with Gasteiger partial charge in [0.25, 0.3) is 11.6 Å². The number of benzene rings is 2. The van der Waals surface area contributed by atoms with E-state index in [1.165, 1.54) is 12.1 Å². The van der Waals surface area contributed by atoms with Gasteiger partial charge in [0.05, 0.1) is 16.2 Å². The van der Waals surface area contributed by atoms with Crippen LogP contribution in [-0.4, -0.2) is 30.0 Å². The minimum atomic E-state index is -0.714. The Balaban J connectivity index is 1.89. The molecule has 27 heavy (non-hydrogen) atoms. The molecule has 1 aliphatic heterocycles. The third-order valence-corrected chi connectivity index (χ3v) is 4.27. The summed E-state index contributed by atoms with van der Waals surface area (Å²) < 4.78 is 0. The van der Waals surface area contributed by atoms with Gasteiger partial charge in [-0.25, -0.2) is 4.79 Å². The monoisotopic (exact) mass is 369 g/mol. The molecule has 1 saturated heterocycles. The van der Waals surface area contributed by atoms with Crippen molar-refractivity contribution in [1.29, 1.82) is 0 Å². The van der Waals surface area contributed by atoms with E-state index in [0.29, 0.717) is 17.1 Å². The summed E-state index contributed by atoms with van der Waals surface area (Å²) in [4.78, 5) is 36.4. The molecule has 0 aliphatic carbocycles. The van der Waals surface area contributed by atoms with Gasteiger partial charge < -0.3 is 21.3 Å². The van der Waals surface area contributed by atoms with Gasteiger partial charge in [-0.05, 0) is 37.1 Å². The molecule has 4 N–H and O–H groups in total. The lowest BCUT2D eigenvalue weighted by molar-refractivity contribution is -0.384. The van der Waals surface area contributed by atoms with Gasteiger partial charge in [0.2, 0.25) is 0 Å². The zero-order chi connectivity index (χ0) is 19.4. The lowest BCUT2D eigenvalue weighted by Gasteiger charge is -2.21. The average molecular weight is 369 g/mol. The van der Waals surface area contributed by atoms with Crippen molar-refractivity contribution in [3.05, 3.63) is 58.1 Å². The van der Waals surface area contributed by atoms with Crippen molar-refractivity contribution in [2.45, 2.75) is 12.8 Å². The molecule has 9 heteroatoms. The molecule has 0 radical (unpaired) electrons. The standard InChI is InChI=1S/C18H19N5O4/c19-18(25)21-13-5-3-4-12(10-13)20-17(24)15-11-14(23(26)27)6-7-16(15)22-8-1-2-9-22/h3-7,10-11H,1-2,8-9H2,(H,20,24)(H3,19,21,25). The molecular weight excluding hydrogens is 350 g/mol. The normalized spacial score (nSPS) is 13.3. The number of rotatable bonds is 5. The molecule has 3 rings (SSSR count). The van der Waals surface area contributed by atoms with Crippen LogP contribution in [-0.2, 0) is 0 Å². The van der Waals surface area contributed by atoms with Crippen molar-refractivity contribution >= 4 is 34.7 Å². The summed E-state index contributed by atoms with van der Waals surface area (Å²) in [5.41, 5.74) is 6.72. The van der Waals surface area contributed by atoms with Crippen LogP contribution < -0.4 is 21.3 Å². The van der Waals surface area contributed by atoms with Crippen molar-refractivity contribution in [2.24, 2.45) is 5.73 Å². The number of nitrogens with zero attached hydrogens (tertiary/aromatic N) is 2. The first kappa shape index (κ1) is 18.2. The smallest absolute Gasteiger partial charge is 0.316 e. The first-order valence-corrected chi connectivity index (χ1v) is 8.45. The van der Waals surface area contributed by atoms with Crippen molar-refractivity contribution in [3.63, 3.8) is 0 Å². The van der Waals surface area contributed by atoms with Crippen LogP contribution >= 0.6 is 0 Å².